The first-order valence-corrected chi connectivity index (χ1v) is 9.63. The molecule has 0 aliphatic carbocycles. The number of carbonyl (C=O) groups excluding carboxylic acids is 2. The third kappa shape index (κ3) is 9.09. The summed E-state index contributed by atoms with van der Waals surface area (Å²) in [4.78, 5) is 23.5. The summed E-state index contributed by atoms with van der Waals surface area (Å²) in [6, 6.07) is 6.37. The SMILES string of the molecule is CC(=O)NCC(Cc1ccc(OS(C)(=O)=O)cc1)C(=O)OC(C)(C)C. The van der Waals surface area contributed by atoms with Crippen LogP contribution in [0, 0.1) is 5.92 Å². The summed E-state index contributed by atoms with van der Waals surface area (Å²) in [5.74, 6) is -0.991. The molecule has 0 fully saturated rings. The fraction of sp³-hybridized carbons (Fsp3) is 0.529. The van der Waals surface area contributed by atoms with Gasteiger partial charge in [0.2, 0.25) is 5.91 Å². The zero-order chi connectivity index (χ0) is 19.3. The molecule has 0 aliphatic heterocycles. The van der Waals surface area contributed by atoms with E-state index in [1.807, 2.05) is 0 Å². The summed E-state index contributed by atoms with van der Waals surface area (Å²) in [6.07, 6.45) is 1.31. The Labute approximate surface area is 148 Å². The molecule has 140 valence electrons. The Morgan fingerprint density at radius 2 is 1.72 bits per heavy atom. The lowest BCUT2D eigenvalue weighted by Crippen LogP contribution is -2.37. The highest BCUT2D eigenvalue weighted by Crippen LogP contribution is 2.19. The second-order valence-electron chi connectivity index (χ2n) is 6.80. The van der Waals surface area contributed by atoms with Crippen LogP contribution in [0.1, 0.15) is 33.3 Å². The average Bonchev–Trinajstić information content (AvgIpc) is 2.41. The molecule has 1 amide bonds. The molecule has 1 atom stereocenters. The predicted molar refractivity (Wildman–Crippen MR) is 93.6 cm³/mol. The van der Waals surface area contributed by atoms with Gasteiger partial charge in [0.05, 0.1) is 12.2 Å². The lowest BCUT2D eigenvalue weighted by molar-refractivity contribution is -0.159. The zero-order valence-electron chi connectivity index (χ0n) is 15.2. The van der Waals surface area contributed by atoms with Gasteiger partial charge in [-0.2, -0.15) is 8.42 Å². The molecule has 25 heavy (non-hydrogen) atoms. The molecule has 0 heterocycles. The standard InChI is InChI=1S/C17H25NO6S/c1-12(19)18-11-14(16(20)23-17(2,3)4)10-13-6-8-15(9-7-13)24-25(5,21)22/h6-9,14H,10-11H2,1-5H3,(H,18,19). The number of carbonyl (C=O) groups is 2. The topological polar surface area (TPSA) is 98.8 Å². The molecule has 0 saturated carbocycles. The molecule has 1 N–H and O–H groups in total. The van der Waals surface area contributed by atoms with Gasteiger partial charge in [-0.05, 0) is 44.9 Å². The minimum absolute atomic E-state index is 0.159. The van der Waals surface area contributed by atoms with Gasteiger partial charge in [0.15, 0.2) is 0 Å². The predicted octanol–water partition coefficient (Wildman–Crippen LogP) is 1.66. The van der Waals surface area contributed by atoms with Crippen LogP contribution in [0.5, 0.6) is 5.75 Å². The first kappa shape index (κ1) is 21.0. The fourth-order valence-electron chi connectivity index (χ4n) is 2.03. The molecule has 1 aromatic carbocycles. The van der Waals surface area contributed by atoms with Crippen molar-refractivity contribution in [3.63, 3.8) is 0 Å². The van der Waals surface area contributed by atoms with E-state index in [-0.39, 0.29) is 18.2 Å². The van der Waals surface area contributed by atoms with Crippen LogP contribution in [-0.4, -0.2) is 38.7 Å². The fourth-order valence-corrected chi connectivity index (χ4v) is 2.49. The van der Waals surface area contributed by atoms with Crippen LogP contribution in [-0.2, 0) is 30.9 Å². The Morgan fingerprint density at radius 1 is 1.16 bits per heavy atom. The molecule has 1 unspecified atom stereocenters. The molecule has 0 radical (unpaired) electrons. The molecular formula is C17H25NO6S. The minimum atomic E-state index is -3.59. The summed E-state index contributed by atoms with van der Waals surface area (Å²) < 4.78 is 32.4. The highest BCUT2D eigenvalue weighted by atomic mass is 32.2. The number of esters is 1. The molecule has 0 aliphatic rings. The molecule has 1 rings (SSSR count). The smallest absolute Gasteiger partial charge is 0.311 e. The van der Waals surface area contributed by atoms with E-state index in [0.29, 0.717) is 6.42 Å². The molecule has 0 spiro atoms. The van der Waals surface area contributed by atoms with Crippen molar-refractivity contribution in [2.45, 2.75) is 39.7 Å². The van der Waals surface area contributed by atoms with Gasteiger partial charge in [0.1, 0.15) is 11.4 Å². The lowest BCUT2D eigenvalue weighted by Gasteiger charge is -2.24. The van der Waals surface area contributed by atoms with Crippen molar-refractivity contribution < 1.29 is 26.9 Å². The third-order valence-electron chi connectivity index (χ3n) is 2.99. The highest BCUT2D eigenvalue weighted by molar-refractivity contribution is 7.86. The molecule has 0 aromatic heterocycles. The number of hydrogen-bond donors (Lipinski definition) is 1. The third-order valence-corrected chi connectivity index (χ3v) is 3.49. The molecular weight excluding hydrogens is 346 g/mol. The van der Waals surface area contributed by atoms with Crippen molar-refractivity contribution in [3.05, 3.63) is 29.8 Å². The van der Waals surface area contributed by atoms with Crippen molar-refractivity contribution >= 4 is 22.0 Å². The number of ether oxygens (including phenoxy) is 1. The van der Waals surface area contributed by atoms with Crippen LogP contribution in [0.15, 0.2) is 24.3 Å². The summed E-state index contributed by atoms with van der Waals surface area (Å²) in [5.41, 5.74) is 0.167. The van der Waals surface area contributed by atoms with Gasteiger partial charge in [-0.25, -0.2) is 0 Å². The molecule has 0 saturated heterocycles. The van der Waals surface area contributed by atoms with Crippen LogP contribution in [0.2, 0.25) is 0 Å². The van der Waals surface area contributed by atoms with E-state index in [2.05, 4.69) is 5.32 Å². The average molecular weight is 371 g/mol. The highest BCUT2D eigenvalue weighted by Gasteiger charge is 2.25. The normalized spacial score (nSPS) is 13.0. The molecule has 7 nitrogen and oxygen atoms in total. The Balaban J connectivity index is 2.85. The lowest BCUT2D eigenvalue weighted by atomic mass is 9.98. The molecule has 1 aromatic rings. The number of rotatable bonds is 7. The largest absolute Gasteiger partial charge is 0.460 e. The molecule has 8 heteroatoms. The Hall–Kier alpha value is -2.09. The minimum Gasteiger partial charge on any atom is -0.460 e. The van der Waals surface area contributed by atoms with E-state index in [9.17, 15) is 18.0 Å². The summed E-state index contributed by atoms with van der Waals surface area (Å²) in [7, 11) is -3.59. The van der Waals surface area contributed by atoms with Gasteiger partial charge in [0.25, 0.3) is 0 Å². The second kappa shape index (κ2) is 8.33. The van der Waals surface area contributed by atoms with Crippen molar-refractivity contribution in [1.29, 1.82) is 0 Å². The van der Waals surface area contributed by atoms with Gasteiger partial charge >= 0.3 is 16.1 Å². The quantitative estimate of drug-likeness (QED) is 0.578. The van der Waals surface area contributed by atoms with Crippen molar-refractivity contribution in [1.82, 2.24) is 5.32 Å². The maximum absolute atomic E-state index is 12.4. The van der Waals surface area contributed by atoms with E-state index in [0.717, 1.165) is 11.8 Å². The monoisotopic (exact) mass is 371 g/mol. The maximum atomic E-state index is 12.4. The number of benzene rings is 1. The first-order chi connectivity index (χ1) is 11.4. The van der Waals surface area contributed by atoms with Crippen LogP contribution < -0.4 is 9.50 Å². The Kier molecular flexibility index (Phi) is 6.98. The number of nitrogens with one attached hydrogen (secondary N) is 1. The Bertz CT molecular complexity index is 704. The van der Waals surface area contributed by atoms with Crippen molar-refractivity contribution in [3.8, 4) is 5.75 Å². The number of hydrogen-bond acceptors (Lipinski definition) is 6. The van der Waals surface area contributed by atoms with Crippen LogP contribution in [0.25, 0.3) is 0 Å². The Morgan fingerprint density at radius 3 is 2.16 bits per heavy atom. The number of amides is 1. The van der Waals surface area contributed by atoms with E-state index in [4.69, 9.17) is 8.92 Å². The maximum Gasteiger partial charge on any atom is 0.311 e. The summed E-state index contributed by atoms with van der Waals surface area (Å²) >= 11 is 0. The van der Waals surface area contributed by atoms with E-state index in [1.165, 1.54) is 19.1 Å². The van der Waals surface area contributed by atoms with Crippen molar-refractivity contribution in [2.24, 2.45) is 5.92 Å². The van der Waals surface area contributed by atoms with E-state index in [1.54, 1.807) is 32.9 Å². The van der Waals surface area contributed by atoms with Gasteiger partial charge in [-0.15, -0.1) is 0 Å². The van der Waals surface area contributed by atoms with Crippen LogP contribution in [0.4, 0.5) is 0 Å². The second-order valence-corrected chi connectivity index (χ2v) is 8.38. The zero-order valence-corrected chi connectivity index (χ0v) is 16.0. The first-order valence-electron chi connectivity index (χ1n) is 7.81. The van der Waals surface area contributed by atoms with E-state index < -0.39 is 27.6 Å². The van der Waals surface area contributed by atoms with E-state index >= 15 is 0 Å². The van der Waals surface area contributed by atoms with Crippen LogP contribution in [0.3, 0.4) is 0 Å². The molecule has 0 bridgehead atoms. The van der Waals surface area contributed by atoms with Gasteiger partial charge in [-0.1, -0.05) is 12.1 Å². The van der Waals surface area contributed by atoms with Crippen molar-refractivity contribution in [2.75, 3.05) is 12.8 Å². The summed E-state index contributed by atoms with van der Waals surface area (Å²) in [6.45, 7) is 6.86. The van der Waals surface area contributed by atoms with Gasteiger partial charge in [-0.3, -0.25) is 9.59 Å². The van der Waals surface area contributed by atoms with Crippen LogP contribution >= 0.6 is 0 Å². The summed E-state index contributed by atoms with van der Waals surface area (Å²) in [5, 5.41) is 2.63. The van der Waals surface area contributed by atoms with Gasteiger partial charge < -0.3 is 14.2 Å². The van der Waals surface area contributed by atoms with Gasteiger partial charge in [0, 0.05) is 13.5 Å².